The van der Waals surface area contributed by atoms with E-state index in [0.29, 0.717) is 5.92 Å². The third-order valence-electron chi connectivity index (χ3n) is 5.26. The minimum atomic E-state index is 0.248. The summed E-state index contributed by atoms with van der Waals surface area (Å²) in [6, 6.07) is 7.03. The number of hydrogen-bond donors (Lipinski definition) is 1. The Balaban J connectivity index is 1.97. The van der Waals surface area contributed by atoms with E-state index >= 15 is 0 Å². The molecule has 0 radical (unpaired) electrons. The summed E-state index contributed by atoms with van der Waals surface area (Å²) in [5, 5.41) is 0. The molecule has 0 aromatic heterocycles. The quantitative estimate of drug-likeness (QED) is 0.894. The molecule has 0 saturated heterocycles. The first-order chi connectivity index (χ1) is 9.17. The average Bonchev–Trinajstić information content (AvgIpc) is 3.06. The van der Waals surface area contributed by atoms with E-state index in [2.05, 4.69) is 25.1 Å². The molecule has 2 aliphatic carbocycles. The Kier molecular flexibility index (Phi) is 3.30. The molecule has 2 N–H and O–H groups in total. The van der Waals surface area contributed by atoms with E-state index in [0.717, 1.165) is 5.75 Å². The predicted octanol–water partition coefficient (Wildman–Crippen LogP) is 3.73. The second-order valence-corrected chi connectivity index (χ2v) is 6.38. The van der Waals surface area contributed by atoms with Crippen LogP contribution in [-0.2, 0) is 5.41 Å². The Morgan fingerprint density at radius 1 is 1.26 bits per heavy atom. The second kappa shape index (κ2) is 4.82. The fourth-order valence-corrected chi connectivity index (χ4v) is 3.74. The molecule has 1 aromatic carbocycles. The Morgan fingerprint density at radius 3 is 2.47 bits per heavy atom. The maximum atomic E-state index is 6.21. The van der Waals surface area contributed by atoms with Gasteiger partial charge in [0.25, 0.3) is 0 Å². The molecule has 0 heterocycles. The van der Waals surface area contributed by atoms with Gasteiger partial charge in [-0.3, -0.25) is 0 Å². The first-order valence-electron chi connectivity index (χ1n) is 7.61. The van der Waals surface area contributed by atoms with Crippen molar-refractivity contribution in [2.45, 2.75) is 62.8 Å². The molecule has 2 fully saturated rings. The molecule has 1 unspecified atom stereocenters. The van der Waals surface area contributed by atoms with Crippen molar-refractivity contribution in [1.82, 2.24) is 0 Å². The SMILES string of the molecule is COc1ccc(C2(C(C)N)CC2)cc1C1CCCC1. The lowest BCUT2D eigenvalue weighted by molar-refractivity contribution is 0.404. The highest BCUT2D eigenvalue weighted by molar-refractivity contribution is 5.45. The third kappa shape index (κ3) is 2.16. The van der Waals surface area contributed by atoms with Crippen LogP contribution in [0.4, 0.5) is 0 Å². The molecule has 3 rings (SSSR count). The molecule has 2 aliphatic rings. The van der Waals surface area contributed by atoms with Gasteiger partial charge in [-0.2, -0.15) is 0 Å². The van der Waals surface area contributed by atoms with Crippen LogP contribution in [0.25, 0.3) is 0 Å². The highest BCUT2D eigenvalue weighted by Gasteiger charge is 2.47. The van der Waals surface area contributed by atoms with Gasteiger partial charge < -0.3 is 10.5 Å². The van der Waals surface area contributed by atoms with Crippen LogP contribution in [0.5, 0.6) is 5.75 Å². The van der Waals surface area contributed by atoms with E-state index in [9.17, 15) is 0 Å². The molecule has 1 atom stereocenters. The summed E-state index contributed by atoms with van der Waals surface area (Å²) < 4.78 is 5.58. The molecule has 2 nitrogen and oxygen atoms in total. The lowest BCUT2D eigenvalue weighted by Crippen LogP contribution is -2.31. The Hall–Kier alpha value is -1.02. The van der Waals surface area contributed by atoms with E-state index in [4.69, 9.17) is 10.5 Å². The summed E-state index contributed by atoms with van der Waals surface area (Å²) in [7, 11) is 1.78. The summed E-state index contributed by atoms with van der Waals surface area (Å²) in [5.41, 5.74) is 9.31. The van der Waals surface area contributed by atoms with Crippen LogP contribution in [0.15, 0.2) is 18.2 Å². The summed E-state index contributed by atoms with van der Waals surface area (Å²) in [4.78, 5) is 0. The fraction of sp³-hybridized carbons (Fsp3) is 0.647. The van der Waals surface area contributed by atoms with Crippen molar-refractivity contribution in [3.63, 3.8) is 0 Å². The van der Waals surface area contributed by atoms with Crippen molar-refractivity contribution >= 4 is 0 Å². The topological polar surface area (TPSA) is 35.2 Å². The second-order valence-electron chi connectivity index (χ2n) is 6.38. The summed E-state index contributed by atoms with van der Waals surface area (Å²) in [6.07, 6.45) is 7.81. The van der Waals surface area contributed by atoms with Crippen LogP contribution in [0.3, 0.4) is 0 Å². The molecule has 0 spiro atoms. The Morgan fingerprint density at radius 2 is 1.95 bits per heavy atom. The minimum absolute atomic E-state index is 0.248. The summed E-state index contributed by atoms with van der Waals surface area (Å²) >= 11 is 0. The maximum absolute atomic E-state index is 6.21. The molecule has 19 heavy (non-hydrogen) atoms. The first-order valence-corrected chi connectivity index (χ1v) is 7.61. The standard InChI is InChI=1S/C17H25NO/c1-12(18)17(9-10-17)14-7-8-16(19-2)15(11-14)13-5-3-4-6-13/h7-8,11-13H,3-6,9-10,18H2,1-2H3. The van der Waals surface area contributed by atoms with E-state index in [1.807, 2.05) is 0 Å². The van der Waals surface area contributed by atoms with Gasteiger partial charge in [-0.15, -0.1) is 0 Å². The Bertz CT molecular complexity index is 456. The van der Waals surface area contributed by atoms with E-state index in [-0.39, 0.29) is 11.5 Å². The van der Waals surface area contributed by atoms with Gasteiger partial charge in [-0.25, -0.2) is 0 Å². The minimum Gasteiger partial charge on any atom is -0.496 e. The smallest absolute Gasteiger partial charge is 0.122 e. The number of methoxy groups -OCH3 is 1. The van der Waals surface area contributed by atoms with Gasteiger partial charge in [0.1, 0.15) is 5.75 Å². The number of hydrogen-bond acceptors (Lipinski definition) is 2. The number of nitrogens with two attached hydrogens (primary N) is 1. The number of benzene rings is 1. The van der Waals surface area contributed by atoms with Crippen LogP contribution in [0, 0.1) is 0 Å². The summed E-state index contributed by atoms with van der Waals surface area (Å²) in [6.45, 7) is 2.15. The van der Waals surface area contributed by atoms with Gasteiger partial charge in [0, 0.05) is 11.5 Å². The molecule has 104 valence electrons. The number of ether oxygens (including phenoxy) is 1. The average molecular weight is 259 g/mol. The molecule has 2 saturated carbocycles. The van der Waals surface area contributed by atoms with Gasteiger partial charge in [-0.05, 0) is 55.7 Å². The van der Waals surface area contributed by atoms with Crippen molar-refractivity contribution in [3.05, 3.63) is 29.3 Å². The lowest BCUT2D eigenvalue weighted by atomic mass is 9.85. The van der Waals surface area contributed by atoms with E-state index < -0.39 is 0 Å². The summed E-state index contributed by atoms with van der Waals surface area (Å²) in [5.74, 6) is 1.76. The maximum Gasteiger partial charge on any atom is 0.122 e. The first kappa shape index (κ1) is 13.0. The van der Waals surface area contributed by atoms with Gasteiger partial charge in [0.05, 0.1) is 7.11 Å². The highest BCUT2D eigenvalue weighted by atomic mass is 16.5. The van der Waals surface area contributed by atoms with Gasteiger partial charge in [-0.1, -0.05) is 25.0 Å². The van der Waals surface area contributed by atoms with Crippen LogP contribution >= 0.6 is 0 Å². The van der Waals surface area contributed by atoms with Gasteiger partial charge >= 0.3 is 0 Å². The van der Waals surface area contributed by atoms with Crippen molar-refractivity contribution < 1.29 is 4.74 Å². The zero-order valence-corrected chi connectivity index (χ0v) is 12.1. The molecular formula is C17H25NO. The van der Waals surface area contributed by atoms with E-state index in [1.54, 1.807) is 7.11 Å². The normalized spacial score (nSPS) is 23.3. The molecule has 0 bridgehead atoms. The Labute approximate surface area is 116 Å². The molecule has 2 heteroatoms. The highest BCUT2D eigenvalue weighted by Crippen LogP contribution is 2.52. The van der Waals surface area contributed by atoms with Crippen LogP contribution in [0.1, 0.15) is 62.5 Å². The van der Waals surface area contributed by atoms with Crippen LogP contribution < -0.4 is 10.5 Å². The van der Waals surface area contributed by atoms with Crippen molar-refractivity contribution in [2.75, 3.05) is 7.11 Å². The van der Waals surface area contributed by atoms with Crippen molar-refractivity contribution in [1.29, 1.82) is 0 Å². The van der Waals surface area contributed by atoms with Crippen molar-refractivity contribution in [3.8, 4) is 5.75 Å². The molecule has 0 aliphatic heterocycles. The van der Waals surface area contributed by atoms with Crippen LogP contribution in [-0.4, -0.2) is 13.2 Å². The van der Waals surface area contributed by atoms with Gasteiger partial charge in [0.2, 0.25) is 0 Å². The third-order valence-corrected chi connectivity index (χ3v) is 5.26. The lowest BCUT2D eigenvalue weighted by Gasteiger charge is -2.23. The zero-order valence-electron chi connectivity index (χ0n) is 12.1. The fourth-order valence-electron chi connectivity index (χ4n) is 3.74. The molecule has 1 aromatic rings. The number of rotatable bonds is 4. The monoisotopic (exact) mass is 259 g/mol. The van der Waals surface area contributed by atoms with Crippen molar-refractivity contribution in [2.24, 2.45) is 5.73 Å². The molecule has 0 amide bonds. The van der Waals surface area contributed by atoms with E-state index in [1.165, 1.54) is 49.7 Å². The predicted molar refractivity (Wildman–Crippen MR) is 78.8 cm³/mol. The zero-order chi connectivity index (χ0) is 13.5. The largest absolute Gasteiger partial charge is 0.496 e. The van der Waals surface area contributed by atoms with Crippen LogP contribution in [0.2, 0.25) is 0 Å². The molecular weight excluding hydrogens is 234 g/mol. The van der Waals surface area contributed by atoms with Gasteiger partial charge in [0.15, 0.2) is 0 Å².